The lowest BCUT2D eigenvalue weighted by atomic mass is 9.68. The molecule has 0 radical (unpaired) electrons. The Labute approximate surface area is 351 Å². The van der Waals surface area contributed by atoms with Crippen LogP contribution < -0.4 is 4.90 Å². The van der Waals surface area contributed by atoms with Crippen LogP contribution in [0.4, 0.5) is 17.1 Å². The number of benzene rings is 9. The fourth-order valence-electron chi connectivity index (χ4n) is 10.6. The fourth-order valence-corrected chi connectivity index (χ4v) is 10.6. The lowest BCUT2D eigenvalue weighted by Gasteiger charge is -2.34. The molecule has 3 aliphatic rings. The Morgan fingerprint density at radius 3 is 1.68 bits per heavy atom. The molecule has 282 valence electrons. The van der Waals surface area contributed by atoms with Crippen LogP contribution in [0.5, 0.6) is 0 Å². The molecule has 0 aliphatic heterocycles. The Kier molecular flexibility index (Phi) is 7.96. The zero-order valence-electron chi connectivity index (χ0n) is 33.2. The molecule has 9 aromatic carbocycles. The average molecular weight is 764 g/mol. The summed E-state index contributed by atoms with van der Waals surface area (Å²) in [5.74, 6) is 0. The highest BCUT2D eigenvalue weighted by Gasteiger charge is 2.52. The maximum Gasteiger partial charge on any atom is 0.0688 e. The van der Waals surface area contributed by atoms with Gasteiger partial charge in [0, 0.05) is 16.9 Å². The maximum absolute atomic E-state index is 2.49. The first-order valence-corrected chi connectivity index (χ1v) is 21.1. The molecule has 1 nitrogen and oxygen atoms in total. The number of hydrogen-bond donors (Lipinski definition) is 0. The highest BCUT2D eigenvalue weighted by molar-refractivity contribution is 6.06. The Morgan fingerprint density at radius 1 is 0.400 bits per heavy atom. The van der Waals surface area contributed by atoms with Crippen molar-refractivity contribution < 1.29 is 0 Å². The third kappa shape index (κ3) is 5.19. The normalized spacial score (nSPS) is 15.8. The first kappa shape index (κ1) is 34.6. The number of fused-ring (bicyclic) bond motifs is 10. The van der Waals surface area contributed by atoms with Crippen LogP contribution in [-0.2, 0) is 5.41 Å². The van der Waals surface area contributed by atoms with E-state index in [2.05, 4.69) is 229 Å². The molecule has 0 N–H and O–H groups in total. The van der Waals surface area contributed by atoms with Gasteiger partial charge >= 0.3 is 0 Å². The summed E-state index contributed by atoms with van der Waals surface area (Å²) in [6, 6.07) is 78.6. The molecule has 0 aromatic heterocycles. The molecule has 0 bridgehead atoms. The van der Waals surface area contributed by atoms with E-state index in [1.54, 1.807) is 0 Å². The average Bonchev–Trinajstić information content (AvgIpc) is 3.79. The Hall–Kier alpha value is -7.48. The molecular formula is C59H41N. The van der Waals surface area contributed by atoms with Gasteiger partial charge in [-0.05, 0) is 126 Å². The second-order valence-electron chi connectivity index (χ2n) is 16.3. The molecule has 1 spiro atoms. The van der Waals surface area contributed by atoms with Crippen LogP contribution in [0.15, 0.2) is 230 Å². The van der Waals surface area contributed by atoms with Crippen molar-refractivity contribution in [2.45, 2.75) is 18.3 Å². The van der Waals surface area contributed by atoms with Crippen molar-refractivity contribution in [1.82, 2.24) is 0 Å². The first-order chi connectivity index (χ1) is 29.8. The Balaban J connectivity index is 1.06. The summed E-state index contributed by atoms with van der Waals surface area (Å²) in [6.07, 6.45) is 6.86. The number of rotatable bonds is 6. The maximum atomic E-state index is 2.49. The van der Waals surface area contributed by atoms with Crippen LogP contribution in [0.25, 0.3) is 60.9 Å². The van der Waals surface area contributed by atoms with Gasteiger partial charge in [-0.3, -0.25) is 0 Å². The molecule has 0 amide bonds. The van der Waals surface area contributed by atoms with E-state index in [1.807, 2.05) is 0 Å². The van der Waals surface area contributed by atoms with Gasteiger partial charge in [0.1, 0.15) is 0 Å². The number of anilines is 3. The molecule has 12 rings (SSSR count). The number of hydrogen-bond acceptors (Lipinski definition) is 1. The van der Waals surface area contributed by atoms with Crippen molar-refractivity contribution in [3.05, 3.63) is 252 Å². The summed E-state index contributed by atoms with van der Waals surface area (Å²) in [4.78, 5) is 2.49. The summed E-state index contributed by atoms with van der Waals surface area (Å²) < 4.78 is 0. The fraction of sp³-hybridized carbons (Fsp3) is 0.0508. The van der Waals surface area contributed by atoms with E-state index >= 15 is 0 Å². The third-order valence-corrected chi connectivity index (χ3v) is 13.2. The number of nitrogens with zero attached hydrogens (tertiary/aromatic N) is 1. The molecule has 60 heavy (non-hydrogen) atoms. The molecule has 0 saturated heterocycles. The summed E-state index contributed by atoms with van der Waals surface area (Å²) >= 11 is 0. The second-order valence-corrected chi connectivity index (χ2v) is 16.3. The van der Waals surface area contributed by atoms with Crippen molar-refractivity contribution in [1.29, 1.82) is 0 Å². The van der Waals surface area contributed by atoms with Gasteiger partial charge in [-0.25, -0.2) is 0 Å². The van der Waals surface area contributed by atoms with Crippen LogP contribution in [0.1, 0.15) is 35.1 Å². The molecule has 1 unspecified atom stereocenters. The largest absolute Gasteiger partial charge is 0.310 e. The summed E-state index contributed by atoms with van der Waals surface area (Å²) in [6.45, 7) is 0. The van der Waals surface area contributed by atoms with E-state index in [0.717, 1.165) is 29.9 Å². The lowest BCUT2D eigenvalue weighted by Crippen LogP contribution is -2.27. The quantitative estimate of drug-likeness (QED) is 0.163. The summed E-state index contributed by atoms with van der Waals surface area (Å²) in [5, 5.41) is 2.46. The topological polar surface area (TPSA) is 3.24 Å². The van der Waals surface area contributed by atoms with Gasteiger partial charge < -0.3 is 4.90 Å². The van der Waals surface area contributed by atoms with Gasteiger partial charge in [0.2, 0.25) is 0 Å². The van der Waals surface area contributed by atoms with E-state index in [-0.39, 0.29) is 5.41 Å². The van der Waals surface area contributed by atoms with Gasteiger partial charge in [0.15, 0.2) is 0 Å². The third-order valence-electron chi connectivity index (χ3n) is 13.2. The SMILES string of the molecule is C1=CC2=C(CC1)C1(c3ccccc32)c2ccccc2-c2cc(N(c3ccc(-c4ccc(-c5ccccc5)cc4)cc3)c3ccc4ccccc4c3-c3ccccc3)ccc21. The van der Waals surface area contributed by atoms with E-state index < -0.39 is 0 Å². The standard InChI is InChI=1S/C59H41N/c1-3-15-40(16-4-1)41-27-29-42(30-28-41)43-31-34-46(35-32-43)60(57-38-33-44-17-7-8-20-48(44)58(57)45-18-5-2-6-19-45)47-36-37-56-52(39-47)51-23-11-14-26-55(51)59(56)53-24-12-9-21-49(53)50-22-10-13-25-54(50)59/h1-12,14-24,26-39H,13,25H2. The minimum Gasteiger partial charge on any atom is -0.310 e. The molecular weight excluding hydrogens is 723 g/mol. The van der Waals surface area contributed by atoms with Crippen molar-refractivity contribution in [3.8, 4) is 44.5 Å². The molecule has 1 heteroatoms. The smallest absolute Gasteiger partial charge is 0.0688 e. The Morgan fingerprint density at radius 2 is 0.950 bits per heavy atom. The van der Waals surface area contributed by atoms with Crippen LogP contribution >= 0.6 is 0 Å². The van der Waals surface area contributed by atoms with E-state index in [0.29, 0.717) is 0 Å². The van der Waals surface area contributed by atoms with Gasteiger partial charge in [0.05, 0.1) is 11.1 Å². The van der Waals surface area contributed by atoms with Crippen molar-refractivity contribution in [2.24, 2.45) is 0 Å². The molecule has 0 saturated carbocycles. The predicted molar refractivity (Wildman–Crippen MR) is 252 cm³/mol. The van der Waals surface area contributed by atoms with Crippen molar-refractivity contribution >= 4 is 33.4 Å². The second kappa shape index (κ2) is 13.8. The van der Waals surface area contributed by atoms with Gasteiger partial charge in [0.25, 0.3) is 0 Å². The van der Waals surface area contributed by atoms with Crippen LogP contribution in [0.3, 0.4) is 0 Å². The molecule has 9 aromatic rings. The van der Waals surface area contributed by atoms with Gasteiger partial charge in [-0.1, -0.05) is 194 Å². The van der Waals surface area contributed by atoms with Crippen molar-refractivity contribution in [3.63, 3.8) is 0 Å². The lowest BCUT2D eigenvalue weighted by molar-refractivity contribution is 0.714. The van der Waals surface area contributed by atoms with E-state index in [1.165, 1.54) is 88.7 Å². The summed E-state index contributed by atoms with van der Waals surface area (Å²) in [5.41, 5.74) is 21.5. The summed E-state index contributed by atoms with van der Waals surface area (Å²) in [7, 11) is 0. The minimum absolute atomic E-state index is 0.304. The highest BCUT2D eigenvalue weighted by atomic mass is 15.1. The zero-order chi connectivity index (χ0) is 39.6. The van der Waals surface area contributed by atoms with Crippen molar-refractivity contribution in [2.75, 3.05) is 4.90 Å². The van der Waals surface area contributed by atoms with Crippen LogP contribution in [0, 0.1) is 0 Å². The minimum atomic E-state index is -0.304. The monoisotopic (exact) mass is 763 g/mol. The molecule has 0 fully saturated rings. The van der Waals surface area contributed by atoms with Crippen LogP contribution in [0.2, 0.25) is 0 Å². The van der Waals surface area contributed by atoms with Gasteiger partial charge in [-0.2, -0.15) is 0 Å². The molecule has 3 aliphatic carbocycles. The number of allylic oxidation sites excluding steroid dienone is 4. The Bertz CT molecular complexity index is 3170. The highest BCUT2D eigenvalue weighted by Crippen LogP contribution is 2.64. The van der Waals surface area contributed by atoms with E-state index in [4.69, 9.17) is 0 Å². The molecule has 0 heterocycles. The van der Waals surface area contributed by atoms with Crippen LogP contribution in [-0.4, -0.2) is 0 Å². The van der Waals surface area contributed by atoms with E-state index in [9.17, 15) is 0 Å². The predicted octanol–water partition coefficient (Wildman–Crippen LogP) is 15.7. The van der Waals surface area contributed by atoms with Gasteiger partial charge in [-0.15, -0.1) is 0 Å². The molecule has 1 atom stereocenters. The zero-order valence-corrected chi connectivity index (χ0v) is 33.2. The first-order valence-electron chi connectivity index (χ1n) is 21.1.